The minimum absolute atomic E-state index is 0.0194. The summed E-state index contributed by atoms with van der Waals surface area (Å²) >= 11 is 0. The molecule has 1 aromatic rings. The van der Waals surface area contributed by atoms with E-state index in [0.717, 1.165) is 18.6 Å². The molecule has 1 unspecified atom stereocenters. The van der Waals surface area contributed by atoms with Crippen LogP contribution in [0.15, 0.2) is 46.7 Å². The molecule has 0 N–H and O–H groups in total. The average Bonchev–Trinajstić information content (AvgIpc) is 2.62. The summed E-state index contributed by atoms with van der Waals surface area (Å²) in [6.45, 7) is 12.7. The smallest absolute Gasteiger partial charge is 0.158 e. The Morgan fingerprint density at radius 1 is 1.19 bits per heavy atom. The molecule has 0 spiro atoms. The molecule has 0 aliphatic heterocycles. The third-order valence-corrected chi connectivity index (χ3v) is 4.30. The molecule has 5 heteroatoms. The van der Waals surface area contributed by atoms with E-state index in [9.17, 15) is 9.28 Å². The van der Waals surface area contributed by atoms with E-state index >= 15 is 0 Å². The molecule has 0 saturated carbocycles. The van der Waals surface area contributed by atoms with E-state index < -0.39 is 0 Å². The maximum atomic E-state index is 14.4. The number of allylic oxidation sites excluding steroid dienone is 1. The lowest BCUT2D eigenvalue weighted by atomic mass is 9.97. The van der Waals surface area contributed by atoms with E-state index in [4.69, 9.17) is 0 Å². The van der Waals surface area contributed by atoms with Crippen molar-refractivity contribution in [2.24, 2.45) is 16.1 Å². The fourth-order valence-electron chi connectivity index (χ4n) is 2.54. The number of ketones is 1. The molecule has 0 radical (unpaired) electrons. The monoisotopic (exact) mass is 359 g/mol. The van der Waals surface area contributed by atoms with Crippen molar-refractivity contribution in [3.63, 3.8) is 0 Å². The van der Waals surface area contributed by atoms with Crippen LogP contribution in [0.4, 0.5) is 4.48 Å². The second-order valence-corrected chi connectivity index (χ2v) is 6.75. The van der Waals surface area contributed by atoms with Crippen LogP contribution in [0.1, 0.15) is 58.1 Å². The van der Waals surface area contributed by atoms with Crippen molar-refractivity contribution < 1.29 is 9.28 Å². The Kier molecular flexibility index (Phi) is 8.90. The van der Waals surface area contributed by atoms with Gasteiger partial charge in [-0.05, 0) is 52.5 Å². The summed E-state index contributed by atoms with van der Waals surface area (Å²) in [6.07, 6.45) is 2.55. The maximum absolute atomic E-state index is 14.4. The number of carbonyl (C=O) groups is 1. The lowest BCUT2D eigenvalue weighted by Crippen LogP contribution is -2.24. The summed E-state index contributed by atoms with van der Waals surface area (Å²) in [4.78, 5) is 11.3. The number of carbonyl (C=O) groups excluding carboxylic acids is 1. The number of hydrogen-bond donors (Lipinski definition) is 0. The first-order chi connectivity index (χ1) is 12.2. The first-order valence-corrected chi connectivity index (χ1v) is 9.02. The molecule has 0 bridgehead atoms. The Morgan fingerprint density at radius 2 is 1.81 bits per heavy atom. The second kappa shape index (κ2) is 10.6. The quantitative estimate of drug-likeness (QED) is 0.255. The van der Waals surface area contributed by atoms with Gasteiger partial charge >= 0.3 is 0 Å². The van der Waals surface area contributed by atoms with Crippen LogP contribution in [0.3, 0.4) is 0 Å². The van der Waals surface area contributed by atoms with Crippen LogP contribution in [0.25, 0.3) is 0 Å². The minimum Gasteiger partial charge on any atom is -0.300 e. The maximum Gasteiger partial charge on any atom is 0.158 e. The highest BCUT2D eigenvalue weighted by atomic mass is 19.2. The molecule has 1 rings (SSSR count). The fraction of sp³-hybridized carbons (Fsp3) is 0.476. The molecule has 0 amide bonds. The van der Waals surface area contributed by atoms with Gasteiger partial charge in [-0.25, -0.2) is 0 Å². The highest BCUT2D eigenvalue weighted by Gasteiger charge is 2.20. The Bertz CT molecular complexity index is 677. The van der Waals surface area contributed by atoms with Crippen molar-refractivity contribution >= 4 is 17.3 Å². The van der Waals surface area contributed by atoms with E-state index in [1.165, 1.54) is 18.1 Å². The van der Waals surface area contributed by atoms with Gasteiger partial charge in [0.2, 0.25) is 0 Å². The van der Waals surface area contributed by atoms with Gasteiger partial charge in [0, 0.05) is 23.7 Å². The van der Waals surface area contributed by atoms with Gasteiger partial charge in [-0.15, -0.1) is 5.10 Å². The van der Waals surface area contributed by atoms with Gasteiger partial charge in [-0.3, -0.25) is 0 Å². The van der Waals surface area contributed by atoms with E-state index in [1.54, 1.807) is 6.92 Å². The number of Topliss-reactive ketones (excluding diaryl/α,β-unsaturated/α-hetero) is 1. The first kappa shape index (κ1) is 21.7. The lowest BCUT2D eigenvalue weighted by Gasteiger charge is -2.22. The molecule has 0 aromatic heterocycles. The van der Waals surface area contributed by atoms with Gasteiger partial charge < -0.3 is 4.79 Å². The van der Waals surface area contributed by atoms with Crippen LogP contribution in [-0.4, -0.2) is 22.5 Å². The summed E-state index contributed by atoms with van der Waals surface area (Å²) in [5.74, 6) is -0.0908. The van der Waals surface area contributed by atoms with E-state index in [1.807, 2.05) is 13.8 Å². The van der Waals surface area contributed by atoms with Crippen molar-refractivity contribution in [2.45, 2.75) is 60.3 Å². The predicted octanol–water partition coefficient (Wildman–Crippen LogP) is 5.43. The molecular weight excluding hydrogens is 329 g/mol. The van der Waals surface area contributed by atoms with Crippen molar-refractivity contribution in [1.29, 1.82) is 0 Å². The third kappa shape index (κ3) is 7.30. The zero-order valence-corrected chi connectivity index (χ0v) is 16.6. The van der Waals surface area contributed by atoms with Gasteiger partial charge in [-0.2, -0.15) is 10.2 Å². The summed E-state index contributed by atoms with van der Waals surface area (Å²) < 4.78 is 14.4. The number of aryl methyl sites for hydroxylation is 2. The van der Waals surface area contributed by atoms with Gasteiger partial charge in [0.1, 0.15) is 5.78 Å². The standard InChI is InChI=1S/C21H30FN3O/c1-7-21(14-17(4)26)18(5)25(22)19(6)24-23-16(3)10-13-20-11-8-15(2)9-12-20/h8-9,11-12,21H,5,7,10,13-14H2,1-4,6H3/b23-16+,24-19+. The molecule has 4 nitrogen and oxygen atoms in total. The molecule has 0 fully saturated rings. The number of nitrogens with zero attached hydrogens (tertiary/aromatic N) is 3. The Balaban J connectivity index is 2.65. The van der Waals surface area contributed by atoms with E-state index in [0.29, 0.717) is 11.5 Å². The van der Waals surface area contributed by atoms with Crippen LogP contribution in [0.2, 0.25) is 0 Å². The van der Waals surface area contributed by atoms with Gasteiger partial charge in [0.05, 0.1) is 0 Å². The van der Waals surface area contributed by atoms with Crippen LogP contribution in [-0.2, 0) is 11.2 Å². The van der Waals surface area contributed by atoms with Crippen LogP contribution < -0.4 is 0 Å². The molecule has 0 heterocycles. The Hall–Kier alpha value is -2.30. The number of amidine groups is 1. The number of rotatable bonds is 9. The molecule has 1 aromatic carbocycles. The van der Waals surface area contributed by atoms with E-state index in [2.05, 4.69) is 48.0 Å². The molecular formula is C21H30FN3O. The molecule has 0 saturated heterocycles. The third-order valence-electron chi connectivity index (χ3n) is 4.30. The largest absolute Gasteiger partial charge is 0.300 e. The summed E-state index contributed by atoms with van der Waals surface area (Å²) in [5, 5.41) is 8.54. The second-order valence-electron chi connectivity index (χ2n) is 6.75. The summed E-state index contributed by atoms with van der Waals surface area (Å²) in [7, 11) is 0. The minimum atomic E-state index is -0.228. The Labute approximate surface area is 156 Å². The molecule has 142 valence electrons. The van der Waals surface area contributed by atoms with Crippen molar-refractivity contribution in [2.75, 3.05) is 0 Å². The predicted molar refractivity (Wildman–Crippen MR) is 107 cm³/mol. The number of benzene rings is 1. The zero-order valence-electron chi connectivity index (χ0n) is 16.6. The average molecular weight is 359 g/mol. The van der Waals surface area contributed by atoms with Crippen LogP contribution in [0.5, 0.6) is 0 Å². The van der Waals surface area contributed by atoms with Gasteiger partial charge in [-0.1, -0.05) is 47.8 Å². The molecule has 1 atom stereocenters. The summed E-state index contributed by atoms with van der Waals surface area (Å²) in [5.41, 5.74) is 3.55. The van der Waals surface area contributed by atoms with E-state index in [-0.39, 0.29) is 29.7 Å². The molecule has 26 heavy (non-hydrogen) atoms. The van der Waals surface area contributed by atoms with Crippen molar-refractivity contribution in [3.8, 4) is 0 Å². The van der Waals surface area contributed by atoms with Crippen molar-refractivity contribution in [3.05, 3.63) is 47.7 Å². The number of hydrogen-bond acceptors (Lipinski definition) is 3. The topological polar surface area (TPSA) is 45.0 Å². The SMILES string of the molecule is C=C(C(CC)CC(C)=O)N(F)/C(C)=N/N=C(\C)CCc1ccc(C)cc1. The first-order valence-electron chi connectivity index (χ1n) is 9.02. The van der Waals surface area contributed by atoms with Crippen LogP contribution in [0, 0.1) is 12.8 Å². The van der Waals surface area contributed by atoms with Gasteiger partial charge in [0.25, 0.3) is 0 Å². The molecule has 0 aliphatic rings. The van der Waals surface area contributed by atoms with Crippen LogP contribution >= 0.6 is 0 Å². The fourth-order valence-corrected chi connectivity index (χ4v) is 2.54. The highest BCUT2D eigenvalue weighted by Crippen LogP contribution is 2.22. The Morgan fingerprint density at radius 3 is 2.35 bits per heavy atom. The van der Waals surface area contributed by atoms with Gasteiger partial charge in [0.15, 0.2) is 5.84 Å². The van der Waals surface area contributed by atoms with Crippen molar-refractivity contribution in [1.82, 2.24) is 5.12 Å². The zero-order chi connectivity index (χ0) is 19.7. The normalized spacial score (nSPS) is 13.5. The highest BCUT2D eigenvalue weighted by molar-refractivity contribution is 5.85. The lowest BCUT2D eigenvalue weighted by molar-refractivity contribution is -0.117. The molecule has 0 aliphatic carbocycles. The summed E-state index contributed by atoms with van der Waals surface area (Å²) in [6, 6.07) is 8.37. The number of halogens is 1.